The normalized spacial score (nSPS) is 15.6. The van der Waals surface area contributed by atoms with Crippen LogP contribution in [-0.4, -0.2) is 56.5 Å². The molecule has 0 saturated carbocycles. The molecule has 6 heteroatoms. The second-order valence-corrected chi connectivity index (χ2v) is 7.04. The molecule has 0 aliphatic carbocycles. The van der Waals surface area contributed by atoms with Crippen LogP contribution in [-0.2, 0) is 6.54 Å². The maximum absolute atomic E-state index is 12.8. The zero-order valence-corrected chi connectivity index (χ0v) is 15.0. The van der Waals surface area contributed by atoms with E-state index in [4.69, 9.17) is 0 Å². The number of nitrogens with one attached hydrogen (secondary N) is 1. The van der Waals surface area contributed by atoms with Crippen LogP contribution >= 0.6 is 0 Å². The predicted octanol–water partition coefficient (Wildman–Crippen LogP) is 2.77. The second-order valence-electron chi connectivity index (χ2n) is 7.04. The van der Waals surface area contributed by atoms with Crippen LogP contribution in [0.3, 0.4) is 0 Å². The summed E-state index contributed by atoms with van der Waals surface area (Å²) < 4.78 is 1.91. The monoisotopic (exact) mass is 359 g/mol. The summed E-state index contributed by atoms with van der Waals surface area (Å²) in [5.74, 6) is 0.0820. The molecule has 6 nitrogen and oxygen atoms in total. The molecule has 1 amide bonds. The molecule has 1 fully saturated rings. The molecule has 0 spiro atoms. The highest BCUT2D eigenvalue weighted by Gasteiger charge is 2.23. The van der Waals surface area contributed by atoms with Gasteiger partial charge in [0.2, 0.25) is 0 Å². The van der Waals surface area contributed by atoms with E-state index in [0.717, 1.165) is 54.8 Å². The van der Waals surface area contributed by atoms with E-state index in [9.17, 15) is 4.79 Å². The summed E-state index contributed by atoms with van der Waals surface area (Å²) in [4.78, 5) is 20.3. The average Bonchev–Trinajstić information content (AvgIpc) is 3.31. The molecule has 27 heavy (non-hydrogen) atoms. The SMILES string of the molecule is O=C(c1cc2ccccc2[nH]1)N1CCN(Cc2cc3ccccn3n2)CC1. The first-order valence-corrected chi connectivity index (χ1v) is 9.29. The lowest BCUT2D eigenvalue weighted by molar-refractivity contribution is 0.0622. The minimum Gasteiger partial charge on any atom is -0.351 e. The Morgan fingerprint density at radius 2 is 1.81 bits per heavy atom. The lowest BCUT2D eigenvalue weighted by Crippen LogP contribution is -2.48. The lowest BCUT2D eigenvalue weighted by Gasteiger charge is -2.34. The number of aromatic nitrogens is 3. The van der Waals surface area contributed by atoms with Gasteiger partial charge in [0.25, 0.3) is 5.91 Å². The number of aromatic amines is 1. The molecule has 4 aromatic rings. The summed E-state index contributed by atoms with van der Waals surface area (Å²) >= 11 is 0. The Morgan fingerprint density at radius 3 is 2.63 bits per heavy atom. The van der Waals surface area contributed by atoms with Gasteiger partial charge in [-0.25, -0.2) is 4.52 Å². The molecule has 1 aromatic carbocycles. The van der Waals surface area contributed by atoms with Gasteiger partial charge in [-0.05, 0) is 30.3 Å². The van der Waals surface area contributed by atoms with Crippen molar-refractivity contribution in [2.24, 2.45) is 0 Å². The van der Waals surface area contributed by atoms with Gasteiger partial charge in [-0.3, -0.25) is 9.69 Å². The average molecular weight is 359 g/mol. The van der Waals surface area contributed by atoms with Gasteiger partial charge in [0.15, 0.2) is 0 Å². The number of carbonyl (C=O) groups is 1. The number of piperazine rings is 1. The Hall–Kier alpha value is -3.12. The largest absolute Gasteiger partial charge is 0.351 e. The Bertz CT molecular complexity index is 1040. The summed E-state index contributed by atoms with van der Waals surface area (Å²) in [6.07, 6.45) is 1.97. The van der Waals surface area contributed by atoms with Crippen LogP contribution in [0.15, 0.2) is 60.8 Å². The number of pyridine rings is 1. The Labute approximate surface area is 157 Å². The first-order valence-electron chi connectivity index (χ1n) is 9.29. The van der Waals surface area contributed by atoms with Crippen LogP contribution in [0.2, 0.25) is 0 Å². The topological polar surface area (TPSA) is 56.6 Å². The van der Waals surface area contributed by atoms with Crippen LogP contribution in [0, 0.1) is 0 Å². The van der Waals surface area contributed by atoms with Crippen molar-refractivity contribution in [3.63, 3.8) is 0 Å². The minimum atomic E-state index is 0.0820. The Balaban J connectivity index is 1.23. The fourth-order valence-corrected chi connectivity index (χ4v) is 3.77. The summed E-state index contributed by atoms with van der Waals surface area (Å²) in [5, 5.41) is 5.70. The van der Waals surface area contributed by atoms with E-state index in [-0.39, 0.29) is 5.91 Å². The molecule has 1 saturated heterocycles. The van der Waals surface area contributed by atoms with Crippen LogP contribution in [0.1, 0.15) is 16.2 Å². The predicted molar refractivity (Wildman–Crippen MR) is 105 cm³/mol. The van der Waals surface area contributed by atoms with Crippen molar-refractivity contribution in [1.29, 1.82) is 0 Å². The van der Waals surface area contributed by atoms with Gasteiger partial charge in [0, 0.05) is 49.8 Å². The molecular formula is C21H21N5O. The van der Waals surface area contributed by atoms with E-state index in [0.29, 0.717) is 5.69 Å². The van der Waals surface area contributed by atoms with Crippen molar-refractivity contribution < 1.29 is 4.79 Å². The zero-order valence-electron chi connectivity index (χ0n) is 15.0. The van der Waals surface area contributed by atoms with Crippen molar-refractivity contribution in [3.05, 3.63) is 72.2 Å². The maximum Gasteiger partial charge on any atom is 0.270 e. The van der Waals surface area contributed by atoms with Crippen molar-refractivity contribution in [2.45, 2.75) is 6.54 Å². The van der Waals surface area contributed by atoms with Crippen LogP contribution in [0.4, 0.5) is 0 Å². The molecule has 0 radical (unpaired) electrons. The molecule has 4 heterocycles. The van der Waals surface area contributed by atoms with Gasteiger partial charge in [0.05, 0.1) is 11.2 Å². The molecule has 0 bridgehead atoms. The highest BCUT2D eigenvalue weighted by molar-refractivity contribution is 5.98. The van der Waals surface area contributed by atoms with Crippen molar-refractivity contribution in [1.82, 2.24) is 24.4 Å². The maximum atomic E-state index is 12.8. The van der Waals surface area contributed by atoms with Crippen LogP contribution < -0.4 is 0 Å². The molecule has 1 N–H and O–H groups in total. The van der Waals surface area contributed by atoms with E-state index >= 15 is 0 Å². The zero-order chi connectivity index (χ0) is 18.2. The molecule has 0 atom stereocenters. The van der Waals surface area contributed by atoms with Crippen LogP contribution in [0.25, 0.3) is 16.4 Å². The van der Waals surface area contributed by atoms with E-state index in [1.54, 1.807) is 0 Å². The highest BCUT2D eigenvalue weighted by Crippen LogP contribution is 2.17. The quantitative estimate of drug-likeness (QED) is 0.612. The summed E-state index contributed by atoms with van der Waals surface area (Å²) in [5.41, 5.74) is 3.85. The van der Waals surface area contributed by atoms with Gasteiger partial charge >= 0.3 is 0 Å². The number of para-hydroxylation sites is 1. The number of hydrogen-bond acceptors (Lipinski definition) is 3. The number of hydrogen-bond donors (Lipinski definition) is 1. The van der Waals surface area contributed by atoms with Gasteiger partial charge in [-0.1, -0.05) is 24.3 Å². The Morgan fingerprint density at radius 1 is 1.00 bits per heavy atom. The van der Waals surface area contributed by atoms with Crippen molar-refractivity contribution >= 4 is 22.3 Å². The summed E-state index contributed by atoms with van der Waals surface area (Å²) in [7, 11) is 0. The van der Waals surface area contributed by atoms with E-state index < -0.39 is 0 Å². The lowest BCUT2D eigenvalue weighted by atomic mass is 10.2. The molecule has 0 unspecified atom stereocenters. The van der Waals surface area contributed by atoms with Gasteiger partial charge in [-0.15, -0.1) is 0 Å². The third-order valence-corrected chi connectivity index (χ3v) is 5.23. The standard InChI is InChI=1S/C21H21N5O/c27-21(20-13-16-5-1-2-7-19(16)22-20)25-11-9-24(10-12-25)15-17-14-18-6-3-4-8-26(18)23-17/h1-8,13-14,22H,9-12,15H2. The number of rotatable bonds is 3. The highest BCUT2D eigenvalue weighted by atomic mass is 16.2. The summed E-state index contributed by atoms with van der Waals surface area (Å²) in [6.45, 7) is 4.01. The van der Waals surface area contributed by atoms with Gasteiger partial charge in [-0.2, -0.15) is 5.10 Å². The van der Waals surface area contributed by atoms with Crippen LogP contribution in [0.5, 0.6) is 0 Å². The molecular weight excluding hydrogens is 338 g/mol. The fraction of sp³-hybridized carbons (Fsp3) is 0.238. The number of amides is 1. The molecule has 3 aromatic heterocycles. The second kappa shape index (κ2) is 6.55. The van der Waals surface area contributed by atoms with Gasteiger partial charge < -0.3 is 9.88 Å². The minimum absolute atomic E-state index is 0.0820. The third kappa shape index (κ3) is 3.08. The first-order chi connectivity index (χ1) is 13.3. The van der Waals surface area contributed by atoms with E-state index in [1.807, 2.05) is 58.1 Å². The molecule has 136 valence electrons. The number of fused-ring (bicyclic) bond motifs is 2. The van der Waals surface area contributed by atoms with E-state index in [1.165, 1.54) is 0 Å². The fourth-order valence-electron chi connectivity index (χ4n) is 3.77. The van der Waals surface area contributed by atoms with Crippen molar-refractivity contribution in [3.8, 4) is 0 Å². The number of benzene rings is 1. The number of carbonyl (C=O) groups excluding carboxylic acids is 1. The third-order valence-electron chi connectivity index (χ3n) is 5.23. The molecule has 1 aliphatic rings. The number of nitrogens with zero attached hydrogens (tertiary/aromatic N) is 4. The Kier molecular flexibility index (Phi) is 3.90. The summed E-state index contributed by atoms with van der Waals surface area (Å²) in [6, 6.07) is 18.1. The van der Waals surface area contributed by atoms with Gasteiger partial charge in [0.1, 0.15) is 5.69 Å². The number of H-pyrrole nitrogens is 1. The molecule has 5 rings (SSSR count). The van der Waals surface area contributed by atoms with Crippen molar-refractivity contribution in [2.75, 3.05) is 26.2 Å². The first kappa shape index (κ1) is 16.1. The molecule has 1 aliphatic heterocycles. The smallest absolute Gasteiger partial charge is 0.270 e. The van der Waals surface area contributed by atoms with E-state index in [2.05, 4.69) is 27.1 Å².